The lowest BCUT2D eigenvalue weighted by atomic mass is 10.0. The number of rotatable bonds is 1. The van der Waals surface area contributed by atoms with Crippen LogP contribution in [-0.2, 0) is 0 Å². The number of nitrogens with zero attached hydrogens (tertiary/aromatic N) is 1. The van der Waals surface area contributed by atoms with Crippen LogP contribution in [0.25, 0.3) is 11.0 Å². The third-order valence-corrected chi connectivity index (χ3v) is 3.71. The largest absolute Gasteiger partial charge is 0.345 e. The van der Waals surface area contributed by atoms with E-state index in [4.69, 9.17) is 5.73 Å². The zero-order chi connectivity index (χ0) is 10.6. The van der Waals surface area contributed by atoms with Crippen molar-refractivity contribution in [2.45, 2.75) is 25.8 Å². The lowest BCUT2D eigenvalue weighted by Crippen LogP contribution is -2.06. The van der Waals surface area contributed by atoms with Crippen molar-refractivity contribution in [2.24, 2.45) is 11.1 Å². The molecule has 3 heteroatoms. The lowest BCUT2D eigenvalue weighted by Gasteiger charge is -2.02. The molecule has 1 saturated carbocycles. The molecule has 3 rings (SSSR count). The average molecular weight is 201 g/mol. The normalized spacial score (nSPS) is 28.2. The van der Waals surface area contributed by atoms with Gasteiger partial charge in [-0.05, 0) is 23.1 Å². The van der Waals surface area contributed by atoms with Crippen LogP contribution in [0.3, 0.4) is 0 Å². The summed E-state index contributed by atoms with van der Waals surface area (Å²) in [6.45, 7) is 4.44. The average Bonchev–Trinajstić information content (AvgIpc) is 2.62. The van der Waals surface area contributed by atoms with Crippen LogP contribution in [-0.4, -0.2) is 16.0 Å². The molecule has 1 aromatic carbocycles. The molecule has 78 valence electrons. The van der Waals surface area contributed by atoms with E-state index in [-0.39, 0.29) is 11.5 Å². The van der Waals surface area contributed by atoms with Gasteiger partial charge in [-0.3, -0.25) is 0 Å². The number of fused-ring (bicyclic) bond motifs is 1. The molecule has 1 fully saturated rings. The molecule has 15 heavy (non-hydrogen) atoms. The first-order chi connectivity index (χ1) is 7.10. The molecule has 1 heterocycles. The van der Waals surface area contributed by atoms with Gasteiger partial charge in [-0.25, -0.2) is 4.98 Å². The van der Waals surface area contributed by atoms with Crippen LogP contribution in [0.1, 0.15) is 25.3 Å². The van der Waals surface area contributed by atoms with Gasteiger partial charge in [0, 0.05) is 12.0 Å². The van der Waals surface area contributed by atoms with Crippen LogP contribution in [0.15, 0.2) is 24.5 Å². The molecule has 0 saturated heterocycles. The summed E-state index contributed by atoms with van der Waals surface area (Å²) in [6, 6.07) is 6.66. The Bertz CT molecular complexity index is 512. The third kappa shape index (κ3) is 1.13. The lowest BCUT2D eigenvalue weighted by molar-refractivity contribution is 0.599. The maximum absolute atomic E-state index is 6.07. The first-order valence-electron chi connectivity index (χ1n) is 5.29. The van der Waals surface area contributed by atoms with E-state index >= 15 is 0 Å². The van der Waals surface area contributed by atoms with E-state index in [0.29, 0.717) is 5.92 Å². The Balaban J connectivity index is 2.06. The summed E-state index contributed by atoms with van der Waals surface area (Å²) >= 11 is 0. The van der Waals surface area contributed by atoms with Crippen LogP contribution < -0.4 is 5.73 Å². The van der Waals surface area contributed by atoms with Gasteiger partial charge in [0.1, 0.15) is 0 Å². The molecule has 3 N–H and O–H groups in total. The Morgan fingerprint density at radius 3 is 2.80 bits per heavy atom. The van der Waals surface area contributed by atoms with Crippen LogP contribution in [0.2, 0.25) is 0 Å². The Labute approximate surface area is 88.7 Å². The Hall–Kier alpha value is -1.35. The molecule has 0 amide bonds. The topological polar surface area (TPSA) is 54.7 Å². The quantitative estimate of drug-likeness (QED) is 0.741. The SMILES string of the molecule is CC1(C)[C@@H](N)[C@@H]1c1ccc2nc[nH]c2c1. The van der Waals surface area contributed by atoms with Crippen molar-refractivity contribution < 1.29 is 0 Å². The van der Waals surface area contributed by atoms with E-state index in [2.05, 4.69) is 42.0 Å². The first kappa shape index (κ1) is 8.92. The second-order valence-electron chi connectivity index (χ2n) is 5.00. The molecule has 2 aromatic rings. The molecule has 0 unspecified atom stereocenters. The minimum atomic E-state index is 0.244. The molecule has 3 nitrogen and oxygen atoms in total. The summed E-state index contributed by atoms with van der Waals surface area (Å²) < 4.78 is 0. The van der Waals surface area contributed by atoms with E-state index in [9.17, 15) is 0 Å². The number of benzene rings is 1. The highest BCUT2D eigenvalue weighted by molar-refractivity contribution is 5.75. The van der Waals surface area contributed by atoms with Gasteiger partial charge in [0.2, 0.25) is 0 Å². The van der Waals surface area contributed by atoms with E-state index in [0.717, 1.165) is 11.0 Å². The van der Waals surface area contributed by atoms with Gasteiger partial charge < -0.3 is 10.7 Å². The molecule has 1 aliphatic rings. The van der Waals surface area contributed by atoms with Crippen molar-refractivity contribution in [1.29, 1.82) is 0 Å². The van der Waals surface area contributed by atoms with Crippen molar-refractivity contribution in [2.75, 3.05) is 0 Å². The predicted molar refractivity (Wildman–Crippen MR) is 60.6 cm³/mol. The third-order valence-electron chi connectivity index (χ3n) is 3.71. The number of nitrogens with two attached hydrogens (primary N) is 1. The minimum absolute atomic E-state index is 0.244. The molecule has 0 aliphatic heterocycles. The summed E-state index contributed by atoms with van der Waals surface area (Å²) in [4.78, 5) is 7.34. The summed E-state index contributed by atoms with van der Waals surface area (Å²) in [5.74, 6) is 0.491. The highest BCUT2D eigenvalue weighted by Crippen LogP contribution is 2.57. The smallest absolute Gasteiger partial charge is 0.0931 e. The van der Waals surface area contributed by atoms with Crippen LogP contribution in [0, 0.1) is 5.41 Å². The summed E-state index contributed by atoms with van der Waals surface area (Å²) in [7, 11) is 0. The standard InChI is InChI=1S/C12H15N3/c1-12(2)10(11(12)13)7-3-4-8-9(5-7)15-6-14-8/h3-6,10-11H,13H2,1-2H3,(H,14,15)/t10-,11-/m0/s1. The zero-order valence-electron chi connectivity index (χ0n) is 8.99. The minimum Gasteiger partial charge on any atom is -0.345 e. The van der Waals surface area contributed by atoms with Gasteiger partial charge in [0.05, 0.1) is 17.4 Å². The number of hydrogen-bond donors (Lipinski definition) is 2. The Morgan fingerprint density at radius 1 is 1.40 bits per heavy atom. The molecule has 0 spiro atoms. The number of nitrogens with one attached hydrogen (secondary N) is 1. The summed E-state index contributed by atoms with van der Waals surface area (Å²) in [5, 5.41) is 0. The van der Waals surface area contributed by atoms with Crippen molar-refractivity contribution in [3.63, 3.8) is 0 Å². The van der Waals surface area contributed by atoms with Gasteiger partial charge in [0.15, 0.2) is 0 Å². The van der Waals surface area contributed by atoms with Gasteiger partial charge in [-0.1, -0.05) is 19.9 Å². The second-order valence-corrected chi connectivity index (χ2v) is 5.00. The second kappa shape index (κ2) is 2.61. The Morgan fingerprint density at radius 2 is 2.13 bits per heavy atom. The first-order valence-corrected chi connectivity index (χ1v) is 5.29. The van der Waals surface area contributed by atoms with Crippen LogP contribution in [0.4, 0.5) is 0 Å². The van der Waals surface area contributed by atoms with Gasteiger partial charge in [-0.15, -0.1) is 0 Å². The maximum Gasteiger partial charge on any atom is 0.0931 e. The van der Waals surface area contributed by atoms with Gasteiger partial charge in [-0.2, -0.15) is 0 Å². The predicted octanol–water partition coefficient (Wildman–Crippen LogP) is 2.01. The van der Waals surface area contributed by atoms with E-state index in [1.54, 1.807) is 6.33 Å². The van der Waals surface area contributed by atoms with Crippen molar-refractivity contribution >= 4 is 11.0 Å². The van der Waals surface area contributed by atoms with E-state index in [1.807, 2.05) is 0 Å². The summed E-state index contributed by atoms with van der Waals surface area (Å²) in [6.07, 6.45) is 1.73. The van der Waals surface area contributed by atoms with Crippen molar-refractivity contribution in [3.8, 4) is 0 Å². The molecule has 0 bridgehead atoms. The number of H-pyrrole nitrogens is 1. The van der Waals surface area contributed by atoms with Crippen molar-refractivity contribution in [1.82, 2.24) is 9.97 Å². The molecular formula is C12H15N3. The molecule has 0 radical (unpaired) electrons. The van der Waals surface area contributed by atoms with Gasteiger partial charge >= 0.3 is 0 Å². The molecule has 1 aromatic heterocycles. The monoisotopic (exact) mass is 201 g/mol. The fraction of sp³-hybridized carbons (Fsp3) is 0.417. The zero-order valence-corrected chi connectivity index (χ0v) is 8.99. The molecule has 2 atom stereocenters. The number of aromatic nitrogens is 2. The van der Waals surface area contributed by atoms with Crippen LogP contribution in [0.5, 0.6) is 0 Å². The Kier molecular flexibility index (Phi) is 1.55. The van der Waals surface area contributed by atoms with Gasteiger partial charge in [0.25, 0.3) is 0 Å². The highest BCUT2D eigenvalue weighted by Gasteiger charge is 2.56. The van der Waals surface area contributed by atoms with E-state index < -0.39 is 0 Å². The number of hydrogen-bond acceptors (Lipinski definition) is 2. The molecular weight excluding hydrogens is 186 g/mol. The highest BCUT2D eigenvalue weighted by atomic mass is 14.9. The van der Waals surface area contributed by atoms with E-state index in [1.165, 1.54) is 5.56 Å². The fourth-order valence-electron chi connectivity index (χ4n) is 2.46. The number of imidazole rings is 1. The maximum atomic E-state index is 6.07. The number of aromatic amines is 1. The fourth-order valence-corrected chi connectivity index (χ4v) is 2.46. The summed E-state index contributed by atoms with van der Waals surface area (Å²) in [5.41, 5.74) is 9.76. The molecule has 1 aliphatic carbocycles. The van der Waals surface area contributed by atoms with Crippen LogP contribution >= 0.6 is 0 Å². The van der Waals surface area contributed by atoms with Crippen molar-refractivity contribution in [3.05, 3.63) is 30.1 Å².